The highest BCUT2D eigenvalue weighted by molar-refractivity contribution is 5.45. The second-order valence-electron chi connectivity index (χ2n) is 4.76. The number of hydrogen-bond donors (Lipinski definition) is 2. The highest BCUT2D eigenvalue weighted by Crippen LogP contribution is 2.29. The molecular formula is C14H21NO3. The van der Waals surface area contributed by atoms with E-state index in [2.05, 4.69) is 12.2 Å². The van der Waals surface area contributed by atoms with E-state index in [0.29, 0.717) is 24.3 Å². The molecule has 1 aromatic rings. The molecule has 1 heterocycles. The van der Waals surface area contributed by atoms with Gasteiger partial charge in [0, 0.05) is 24.8 Å². The number of rotatable bonds is 5. The van der Waals surface area contributed by atoms with E-state index in [-0.39, 0.29) is 5.75 Å². The predicted molar refractivity (Wildman–Crippen MR) is 69.9 cm³/mol. The lowest BCUT2D eigenvalue weighted by molar-refractivity contribution is 0.178. The number of benzene rings is 1. The Labute approximate surface area is 108 Å². The summed E-state index contributed by atoms with van der Waals surface area (Å²) < 4.78 is 10.5. The SMILES string of the molecule is COc1cccc(CNC(C)C2CCOC2)c1O. The van der Waals surface area contributed by atoms with Crippen LogP contribution < -0.4 is 10.1 Å². The van der Waals surface area contributed by atoms with Crippen molar-refractivity contribution in [3.05, 3.63) is 23.8 Å². The smallest absolute Gasteiger partial charge is 0.162 e. The topological polar surface area (TPSA) is 50.7 Å². The number of phenolic OH excluding ortho intramolecular Hbond substituents is 1. The lowest BCUT2D eigenvalue weighted by Crippen LogP contribution is -2.33. The maximum Gasteiger partial charge on any atom is 0.162 e. The number of phenols is 1. The molecule has 0 amide bonds. The Hall–Kier alpha value is -1.26. The third-order valence-electron chi connectivity index (χ3n) is 3.59. The van der Waals surface area contributed by atoms with Crippen molar-refractivity contribution in [3.63, 3.8) is 0 Å². The van der Waals surface area contributed by atoms with Crippen molar-refractivity contribution < 1.29 is 14.6 Å². The van der Waals surface area contributed by atoms with Gasteiger partial charge in [-0.1, -0.05) is 12.1 Å². The molecule has 2 N–H and O–H groups in total. The normalized spacial score (nSPS) is 20.9. The fraction of sp³-hybridized carbons (Fsp3) is 0.571. The van der Waals surface area contributed by atoms with Crippen LogP contribution in [0.25, 0.3) is 0 Å². The molecule has 2 rings (SSSR count). The van der Waals surface area contributed by atoms with E-state index in [9.17, 15) is 5.11 Å². The van der Waals surface area contributed by atoms with Crippen molar-refractivity contribution in [1.29, 1.82) is 0 Å². The minimum Gasteiger partial charge on any atom is -0.504 e. The second kappa shape index (κ2) is 6.07. The highest BCUT2D eigenvalue weighted by atomic mass is 16.5. The van der Waals surface area contributed by atoms with Crippen molar-refractivity contribution >= 4 is 0 Å². The molecule has 100 valence electrons. The van der Waals surface area contributed by atoms with Crippen LogP contribution in [0, 0.1) is 5.92 Å². The number of hydrogen-bond acceptors (Lipinski definition) is 4. The van der Waals surface area contributed by atoms with E-state index in [1.165, 1.54) is 0 Å². The van der Waals surface area contributed by atoms with E-state index in [1.807, 2.05) is 12.1 Å². The van der Waals surface area contributed by atoms with Gasteiger partial charge in [-0.05, 0) is 25.3 Å². The van der Waals surface area contributed by atoms with Gasteiger partial charge in [-0.15, -0.1) is 0 Å². The lowest BCUT2D eigenvalue weighted by Gasteiger charge is -2.19. The van der Waals surface area contributed by atoms with Crippen molar-refractivity contribution in [1.82, 2.24) is 5.32 Å². The Morgan fingerprint density at radius 1 is 1.56 bits per heavy atom. The summed E-state index contributed by atoms with van der Waals surface area (Å²) in [5, 5.41) is 13.4. The van der Waals surface area contributed by atoms with E-state index >= 15 is 0 Å². The molecule has 0 aromatic heterocycles. The molecule has 4 nitrogen and oxygen atoms in total. The molecule has 1 aromatic carbocycles. The van der Waals surface area contributed by atoms with Gasteiger partial charge < -0.3 is 19.9 Å². The zero-order chi connectivity index (χ0) is 13.0. The van der Waals surface area contributed by atoms with Crippen LogP contribution in [0.15, 0.2) is 18.2 Å². The van der Waals surface area contributed by atoms with Gasteiger partial charge in [-0.25, -0.2) is 0 Å². The molecule has 2 atom stereocenters. The highest BCUT2D eigenvalue weighted by Gasteiger charge is 2.22. The second-order valence-corrected chi connectivity index (χ2v) is 4.76. The summed E-state index contributed by atoms with van der Waals surface area (Å²) in [6.45, 7) is 4.50. The predicted octanol–water partition coefficient (Wildman–Crippen LogP) is 1.92. The molecule has 0 aliphatic carbocycles. The van der Waals surface area contributed by atoms with Crippen LogP contribution in [0.5, 0.6) is 11.5 Å². The average molecular weight is 251 g/mol. The van der Waals surface area contributed by atoms with Crippen LogP contribution in [0.2, 0.25) is 0 Å². The van der Waals surface area contributed by atoms with Crippen molar-refractivity contribution in [2.45, 2.75) is 25.9 Å². The summed E-state index contributed by atoms with van der Waals surface area (Å²) >= 11 is 0. The number of nitrogens with one attached hydrogen (secondary N) is 1. The summed E-state index contributed by atoms with van der Waals surface area (Å²) in [5.74, 6) is 1.31. The Kier molecular flexibility index (Phi) is 4.44. The minimum atomic E-state index is 0.224. The van der Waals surface area contributed by atoms with Crippen LogP contribution in [0.4, 0.5) is 0 Å². The van der Waals surface area contributed by atoms with Crippen LogP contribution >= 0.6 is 0 Å². The molecule has 1 fully saturated rings. The number of aromatic hydroxyl groups is 1. The van der Waals surface area contributed by atoms with Crippen molar-refractivity contribution in [2.75, 3.05) is 20.3 Å². The van der Waals surface area contributed by atoms with Gasteiger partial charge in [-0.3, -0.25) is 0 Å². The van der Waals surface area contributed by atoms with E-state index in [0.717, 1.165) is 25.2 Å². The maximum atomic E-state index is 9.98. The lowest BCUT2D eigenvalue weighted by atomic mass is 10.0. The summed E-state index contributed by atoms with van der Waals surface area (Å²) in [6.07, 6.45) is 1.11. The molecule has 4 heteroatoms. The van der Waals surface area contributed by atoms with Gasteiger partial charge in [0.05, 0.1) is 13.7 Å². The zero-order valence-electron chi connectivity index (χ0n) is 11.0. The monoisotopic (exact) mass is 251 g/mol. The van der Waals surface area contributed by atoms with E-state index in [4.69, 9.17) is 9.47 Å². The molecule has 0 spiro atoms. The first-order chi connectivity index (χ1) is 8.72. The van der Waals surface area contributed by atoms with Crippen LogP contribution in [0.1, 0.15) is 18.9 Å². The quantitative estimate of drug-likeness (QED) is 0.839. The number of para-hydroxylation sites is 1. The Morgan fingerprint density at radius 3 is 3.06 bits per heavy atom. The summed E-state index contributed by atoms with van der Waals surface area (Å²) in [5.41, 5.74) is 0.861. The summed E-state index contributed by atoms with van der Waals surface area (Å²) in [6, 6.07) is 5.94. The third-order valence-corrected chi connectivity index (χ3v) is 3.59. The fourth-order valence-corrected chi connectivity index (χ4v) is 2.26. The fourth-order valence-electron chi connectivity index (χ4n) is 2.26. The molecule has 0 radical (unpaired) electrons. The van der Waals surface area contributed by atoms with Crippen molar-refractivity contribution in [2.24, 2.45) is 5.92 Å². The average Bonchev–Trinajstić information content (AvgIpc) is 2.91. The first-order valence-corrected chi connectivity index (χ1v) is 6.38. The Bertz CT molecular complexity index is 389. The van der Waals surface area contributed by atoms with Gasteiger partial charge >= 0.3 is 0 Å². The van der Waals surface area contributed by atoms with Gasteiger partial charge in [0.25, 0.3) is 0 Å². The van der Waals surface area contributed by atoms with Gasteiger partial charge in [0.2, 0.25) is 0 Å². The third kappa shape index (κ3) is 2.94. The molecule has 2 unspecified atom stereocenters. The molecule has 1 aliphatic rings. The molecule has 0 saturated carbocycles. The Balaban J connectivity index is 1.93. The molecular weight excluding hydrogens is 230 g/mol. The zero-order valence-corrected chi connectivity index (χ0v) is 11.0. The van der Waals surface area contributed by atoms with Crippen molar-refractivity contribution in [3.8, 4) is 11.5 Å². The standard InChI is InChI=1S/C14H21NO3/c1-10(12-6-7-18-9-12)15-8-11-4-3-5-13(17-2)14(11)16/h3-5,10,12,15-16H,6-9H2,1-2H3. The van der Waals surface area contributed by atoms with Gasteiger partial charge in [0.1, 0.15) is 0 Å². The maximum absolute atomic E-state index is 9.98. The van der Waals surface area contributed by atoms with E-state index in [1.54, 1.807) is 13.2 Å². The molecule has 1 saturated heterocycles. The molecule has 18 heavy (non-hydrogen) atoms. The summed E-state index contributed by atoms with van der Waals surface area (Å²) in [4.78, 5) is 0. The number of methoxy groups -OCH3 is 1. The molecule has 1 aliphatic heterocycles. The van der Waals surface area contributed by atoms with Gasteiger partial charge in [-0.2, -0.15) is 0 Å². The van der Waals surface area contributed by atoms with Crippen LogP contribution in [0.3, 0.4) is 0 Å². The Morgan fingerprint density at radius 2 is 2.39 bits per heavy atom. The minimum absolute atomic E-state index is 0.224. The number of ether oxygens (including phenoxy) is 2. The van der Waals surface area contributed by atoms with E-state index < -0.39 is 0 Å². The first-order valence-electron chi connectivity index (χ1n) is 6.38. The van der Waals surface area contributed by atoms with Crippen LogP contribution in [-0.4, -0.2) is 31.5 Å². The largest absolute Gasteiger partial charge is 0.504 e. The summed E-state index contributed by atoms with van der Waals surface area (Å²) in [7, 11) is 1.56. The van der Waals surface area contributed by atoms with Gasteiger partial charge in [0.15, 0.2) is 11.5 Å². The molecule has 0 bridgehead atoms. The van der Waals surface area contributed by atoms with Crippen LogP contribution in [-0.2, 0) is 11.3 Å². The first kappa shape index (κ1) is 13.2.